The minimum Gasteiger partial charge on any atom is -0.381 e. The van der Waals surface area contributed by atoms with Crippen LogP contribution in [0.4, 0.5) is 0 Å². The Morgan fingerprint density at radius 2 is 2.35 bits per heavy atom. The van der Waals surface area contributed by atoms with Crippen molar-refractivity contribution in [1.29, 1.82) is 0 Å². The Bertz CT molecular complexity index is 411. The number of ether oxygens (including phenoxy) is 1. The average Bonchev–Trinajstić information content (AvgIpc) is 2.77. The lowest BCUT2D eigenvalue weighted by Gasteiger charge is -2.12. The zero-order valence-electron chi connectivity index (χ0n) is 9.65. The van der Waals surface area contributed by atoms with E-state index in [1.54, 1.807) is 25.3 Å². The highest BCUT2D eigenvalue weighted by Gasteiger charge is 2.26. The van der Waals surface area contributed by atoms with Crippen LogP contribution in [-0.4, -0.2) is 30.1 Å². The monoisotopic (exact) mass is 298 g/mol. The van der Waals surface area contributed by atoms with E-state index in [0.29, 0.717) is 10.3 Å². The van der Waals surface area contributed by atoms with Gasteiger partial charge in [0.15, 0.2) is 0 Å². The summed E-state index contributed by atoms with van der Waals surface area (Å²) in [6.45, 7) is 0. The van der Waals surface area contributed by atoms with Crippen molar-refractivity contribution in [2.45, 2.75) is 31.4 Å². The first kappa shape index (κ1) is 12.5. The standard InChI is InChI=1S/C12H15BrN2O2/c1-17-9-6-5-8(7-9)14-12(16)10-3-2-4-11(13)15-10/h2-4,8-9H,5-7H2,1H3,(H,14,16). The number of hydrogen-bond donors (Lipinski definition) is 1. The smallest absolute Gasteiger partial charge is 0.270 e. The fraction of sp³-hybridized carbons (Fsp3) is 0.500. The maximum absolute atomic E-state index is 11.9. The van der Waals surface area contributed by atoms with E-state index in [2.05, 4.69) is 26.2 Å². The maximum atomic E-state index is 11.9. The molecule has 2 rings (SSSR count). The van der Waals surface area contributed by atoms with Crippen molar-refractivity contribution in [2.24, 2.45) is 0 Å². The maximum Gasteiger partial charge on any atom is 0.270 e. The summed E-state index contributed by atoms with van der Waals surface area (Å²) >= 11 is 3.25. The van der Waals surface area contributed by atoms with Crippen molar-refractivity contribution in [2.75, 3.05) is 7.11 Å². The molecule has 1 aliphatic rings. The van der Waals surface area contributed by atoms with Crippen LogP contribution in [0.15, 0.2) is 22.8 Å². The molecule has 2 atom stereocenters. The minimum atomic E-state index is -0.118. The fourth-order valence-corrected chi connectivity index (χ4v) is 2.42. The Labute approximate surface area is 109 Å². The number of aromatic nitrogens is 1. The van der Waals surface area contributed by atoms with Gasteiger partial charge in [-0.2, -0.15) is 0 Å². The molecule has 1 saturated carbocycles. The third-order valence-corrected chi connectivity index (χ3v) is 3.44. The summed E-state index contributed by atoms with van der Waals surface area (Å²) in [4.78, 5) is 16.0. The van der Waals surface area contributed by atoms with Crippen LogP contribution in [-0.2, 0) is 4.74 Å². The van der Waals surface area contributed by atoms with E-state index in [1.807, 2.05) is 0 Å². The molecule has 1 aromatic heterocycles. The molecule has 1 N–H and O–H groups in total. The first-order valence-corrected chi connectivity index (χ1v) is 6.44. The molecule has 1 aliphatic carbocycles. The summed E-state index contributed by atoms with van der Waals surface area (Å²) in [5, 5.41) is 2.98. The summed E-state index contributed by atoms with van der Waals surface area (Å²) in [6, 6.07) is 5.52. The summed E-state index contributed by atoms with van der Waals surface area (Å²) in [5.41, 5.74) is 0.445. The second-order valence-corrected chi connectivity index (χ2v) is 5.00. The van der Waals surface area contributed by atoms with Gasteiger partial charge in [0.25, 0.3) is 5.91 Å². The Kier molecular flexibility index (Phi) is 4.12. The van der Waals surface area contributed by atoms with Crippen LogP contribution in [0, 0.1) is 0 Å². The van der Waals surface area contributed by atoms with Crippen LogP contribution < -0.4 is 5.32 Å². The molecule has 1 heterocycles. The van der Waals surface area contributed by atoms with E-state index in [9.17, 15) is 4.79 Å². The van der Waals surface area contributed by atoms with Gasteiger partial charge in [-0.15, -0.1) is 0 Å². The molecule has 1 aromatic rings. The molecule has 0 saturated heterocycles. The van der Waals surface area contributed by atoms with Crippen LogP contribution in [0.2, 0.25) is 0 Å². The van der Waals surface area contributed by atoms with Gasteiger partial charge in [-0.3, -0.25) is 4.79 Å². The molecule has 1 amide bonds. The molecular weight excluding hydrogens is 284 g/mol. The molecule has 0 radical (unpaired) electrons. The molecule has 2 unspecified atom stereocenters. The Morgan fingerprint density at radius 1 is 1.53 bits per heavy atom. The van der Waals surface area contributed by atoms with Gasteiger partial charge in [-0.1, -0.05) is 6.07 Å². The second-order valence-electron chi connectivity index (χ2n) is 4.19. The van der Waals surface area contributed by atoms with Gasteiger partial charge in [-0.05, 0) is 47.3 Å². The first-order valence-electron chi connectivity index (χ1n) is 5.65. The van der Waals surface area contributed by atoms with Crippen LogP contribution in [0.25, 0.3) is 0 Å². The molecule has 1 fully saturated rings. The molecule has 92 valence electrons. The highest BCUT2D eigenvalue weighted by Crippen LogP contribution is 2.21. The van der Waals surface area contributed by atoms with Crippen molar-refractivity contribution in [3.8, 4) is 0 Å². The van der Waals surface area contributed by atoms with E-state index < -0.39 is 0 Å². The molecule has 4 nitrogen and oxygen atoms in total. The number of carbonyl (C=O) groups is 1. The van der Waals surface area contributed by atoms with Gasteiger partial charge in [0.05, 0.1) is 6.10 Å². The number of nitrogens with one attached hydrogen (secondary N) is 1. The molecule has 0 aliphatic heterocycles. The van der Waals surface area contributed by atoms with Crippen molar-refractivity contribution in [1.82, 2.24) is 10.3 Å². The van der Waals surface area contributed by atoms with Crippen molar-refractivity contribution >= 4 is 21.8 Å². The number of amides is 1. The topological polar surface area (TPSA) is 51.2 Å². The van der Waals surface area contributed by atoms with Crippen molar-refractivity contribution < 1.29 is 9.53 Å². The predicted octanol–water partition coefficient (Wildman–Crippen LogP) is 2.14. The normalized spacial score (nSPS) is 23.6. The number of rotatable bonds is 3. The molecule has 0 bridgehead atoms. The van der Waals surface area contributed by atoms with Crippen LogP contribution in [0.3, 0.4) is 0 Å². The van der Waals surface area contributed by atoms with Crippen LogP contribution >= 0.6 is 15.9 Å². The fourth-order valence-electron chi connectivity index (χ4n) is 2.08. The molecular formula is C12H15BrN2O2. The SMILES string of the molecule is COC1CCC(NC(=O)c2cccc(Br)n2)C1. The van der Waals surface area contributed by atoms with E-state index in [-0.39, 0.29) is 18.1 Å². The molecule has 5 heteroatoms. The zero-order chi connectivity index (χ0) is 12.3. The Morgan fingerprint density at radius 3 is 3.00 bits per heavy atom. The quantitative estimate of drug-likeness (QED) is 0.870. The van der Waals surface area contributed by atoms with E-state index in [0.717, 1.165) is 19.3 Å². The lowest BCUT2D eigenvalue weighted by molar-refractivity contribution is 0.0910. The summed E-state index contributed by atoms with van der Waals surface area (Å²) in [6.07, 6.45) is 3.14. The van der Waals surface area contributed by atoms with Gasteiger partial charge in [0.1, 0.15) is 10.3 Å². The van der Waals surface area contributed by atoms with Crippen molar-refractivity contribution in [3.05, 3.63) is 28.5 Å². The number of carbonyl (C=O) groups excluding carboxylic acids is 1. The lowest BCUT2D eigenvalue weighted by Crippen LogP contribution is -2.33. The predicted molar refractivity (Wildman–Crippen MR) is 67.8 cm³/mol. The Hall–Kier alpha value is -0.940. The highest BCUT2D eigenvalue weighted by atomic mass is 79.9. The molecule has 0 spiro atoms. The van der Waals surface area contributed by atoms with Gasteiger partial charge in [0.2, 0.25) is 0 Å². The van der Waals surface area contributed by atoms with E-state index in [4.69, 9.17) is 4.74 Å². The zero-order valence-corrected chi connectivity index (χ0v) is 11.2. The summed E-state index contributed by atoms with van der Waals surface area (Å²) in [5.74, 6) is -0.118. The van der Waals surface area contributed by atoms with Crippen LogP contribution in [0.5, 0.6) is 0 Å². The minimum absolute atomic E-state index is 0.118. The number of nitrogens with zero attached hydrogens (tertiary/aromatic N) is 1. The van der Waals surface area contributed by atoms with Crippen molar-refractivity contribution in [3.63, 3.8) is 0 Å². The highest BCUT2D eigenvalue weighted by molar-refractivity contribution is 9.10. The third-order valence-electron chi connectivity index (χ3n) is 3.00. The average molecular weight is 299 g/mol. The third kappa shape index (κ3) is 3.26. The molecule has 0 aromatic carbocycles. The Balaban J connectivity index is 1.94. The number of pyridine rings is 1. The largest absolute Gasteiger partial charge is 0.381 e. The van der Waals surface area contributed by atoms with Gasteiger partial charge < -0.3 is 10.1 Å². The number of methoxy groups -OCH3 is 1. The van der Waals surface area contributed by atoms with Gasteiger partial charge >= 0.3 is 0 Å². The van der Waals surface area contributed by atoms with E-state index in [1.165, 1.54) is 0 Å². The summed E-state index contributed by atoms with van der Waals surface area (Å²) < 4.78 is 5.95. The second kappa shape index (κ2) is 5.60. The first-order chi connectivity index (χ1) is 8.19. The van der Waals surface area contributed by atoms with Gasteiger partial charge in [-0.25, -0.2) is 4.98 Å². The van der Waals surface area contributed by atoms with Crippen LogP contribution in [0.1, 0.15) is 29.8 Å². The van der Waals surface area contributed by atoms with E-state index >= 15 is 0 Å². The molecule has 17 heavy (non-hydrogen) atoms. The number of halogens is 1. The van der Waals surface area contributed by atoms with Gasteiger partial charge in [0, 0.05) is 13.2 Å². The summed E-state index contributed by atoms with van der Waals surface area (Å²) in [7, 11) is 1.71. The lowest BCUT2D eigenvalue weighted by atomic mass is 10.2. The number of hydrogen-bond acceptors (Lipinski definition) is 3.